The van der Waals surface area contributed by atoms with Crippen LogP contribution in [0.15, 0.2) is 18.2 Å². The van der Waals surface area contributed by atoms with E-state index in [-0.39, 0.29) is 11.4 Å². The summed E-state index contributed by atoms with van der Waals surface area (Å²) in [5.74, 6) is 0.0138. The third-order valence-corrected chi connectivity index (χ3v) is 3.96. The molecule has 1 aromatic carbocycles. The molecule has 98 valence electrons. The Hall–Kier alpha value is -1.35. The van der Waals surface area contributed by atoms with Crippen LogP contribution in [0, 0.1) is 13.8 Å². The van der Waals surface area contributed by atoms with Gasteiger partial charge in [0, 0.05) is 12.1 Å². The van der Waals surface area contributed by atoms with Gasteiger partial charge in [0.25, 0.3) is 5.91 Å². The van der Waals surface area contributed by atoms with Gasteiger partial charge in [0.2, 0.25) is 0 Å². The Morgan fingerprint density at radius 2 is 2.00 bits per heavy atom. The lowest BCUT2D eigenvalue weighted by Gasteiger charge is -2.29. The van der Waals surface area contributed by atoms with E-state index in [1.807, 2.05) is 32.0 Å². The van der Waals surface area contributed by atoms with Gasteiger partial charge in [-0.2, -0.15) is 0 Å². The van der Waals surface area contributed by atoms with Crippen LogP contribution in [0.2, 0.25) is 0 Å². The van der Waals surface area contributed by atoms with Gasteiger partial charge < -0.3 is 11.1 Å². The first-order chi connectivity index (χ1) is 8.56. The number of nitrogens with one attached hydrogen (secondary N) is 1. The van der Waals surface area contributed by atoms with Crippen molar-refractivity contribution in [2.45, 2.75) is 45.1 Å². The summed E-state index contributed by atoms with van der Waals surface area (Å²) in [6.07, 6.45) is 4.31. The third-order valence-electron chi connectivity index (χ3n) is 3.96. The molecule has 0 radical (unpaired) electrons. The molecule has 0 atom stereocenters. The molecule has 3 N–H and O–H groups in total. The van der Waals surface area contributed by atoms with Crippen molar-refractivity contribution in [1.29, 1.82) is 0 Å². The van der Waals surface area contributed by atoms with Crippen molar-refractivity contribution >= 4 is 5.91 Å². The average molecular weight is 246 g/mol. The summed E-state index contributed by atoms with van der Waals surface area (Å²) in [5, 5.41) is 3.15. The number of hydrogen-bond acceptors (Lipinski definition) is 2. The molecule has 0 spiro atoms. The van der Waals surface area contributed by atoms with Crippen LogP contribution in [0.5, 0.6) is 0 Å². The predicted octanol–water partition coefficient (Wildman–Crippen LogP) is 2.30. The highest BCUT2D eigenvalue weighted by molar-refractivity contribution is 5.96. The van der Waals surface area contributed by atoms with Crippen LogP contribution < -0.4 is 11.1 Å². The Balaban J connectivity index is 2.16. The molecule has 2 rings (SSSR count). The second kappa shape index (κ2) is 5.11. The largest absolute Gasteiger partial charge is 0.345 e. The molecule has 0 heterocycles. The number of benzene rings is 1. The van der Waals surface area contributed by atoms with Crippen molar-refractivity contribution in [3.63, 3.8) is 0 Å². The first-order valence-corrected chi connectivity index (χ1v) is 6.66. The van der Waals surface area contributed by atoms with Crippen LogP contribution in [-0.2, 0) is 0 Å². The van der Waals surface area contributed by atoms with Crippen LogP contribution in [0.3, 0.4) is 0 Å². The Morgan fingerprint density at radius 3 is 2.56 bits per heavy atom. The van der Waals surface area contributed by atoms with Crippen LogP contribution in [0.25, 0.3) is 0 Å². The fourth-order valence-electron chi connectivity index (χ4n) is 2.81. The number of carbonyl (C=O) groups is 1. The summed E-state index contributed by atoms with van der Waals surface area (Å²) in [6, 6.07) is 5.92. The van der Waals surface area contributed by atoms with E-state index in [4.69, 9.17) is 5.73 Å². The van der Waals surface area contributed by atoms with Crippen molar-refractivity contribution in [3.8, 4) is 0 Å². The minimum Gasteiger partial charge on any atom is -0.345 e. The highest BCUT2D eigenvalue weighted by Crippen LogP contribution is 2.29. The van der Waals surface area contributed by atoms with Gasteiger partial charge in [0.05, 0.1) is 5.54 Å². The van der Waals surface area contributed by atoms with Crippen LogP contribution in [-0.4, -0.2) is 18.0 Å². The van der Waals surface area contributed by atoms with Gasteiger partial charge in [0.1, 0.15) is 0 Å². The lowest BCUT2D eigenvalue weighted by Crippen LogP contribution is -2.51. The molecule has 1 aliphatic carbocycles. The summed E-state index contributed by atoms with van der Waals surface area (Å²) in [5.41, 5.74) is 8.64. The Kier molecular flexibility index (Phi) is 3.71. The number of amides is 1. The molecule has 1 saturated carbocycles. The van der Waals surface area contributed by atoms with Crippen molar-refractivity contribution in [2.24, 2.45) is 5.73 Å². The molecular formula is C15H22N2O. The summed E-state index contributed by atoms with van der Waals surface area (Å²) in [7, 11) is 0. The van der Waals surface area contributed by atoms with E-state index >= 15 is 0 Å². The lowest BCUT2D eigenvalue weighted by molar-refractivity contribution is 0.0902. The van der Waals surface area contributed by atoms with Gasteiger partial charge in [-0.05, 0) is 38.3 Å². The van der Waals surface area contributed by atoms with Gasteiger partial charge in [-0.25, -0.2) is 0 Å². The summed E-state index contributed by atoms with van der Waals surface area (Å²) >= 11 is 0. The van der Waals surface area contributed by atoms with Gasteiger partial charge in [-0.15, -0.1) is 0 Å². The SMILES string of the molecule is Cc1ccc(C(=O)NC2(CN)CCCC2)c(C)c1. The van der Waals surface area contributed by atoms with E-state index in [0.717, 1.165) is 36.8 Å². The summed E-state index contributed by atoms with van der Waals surface area (Å²) < 4.78 is 0. The maximum atomic E-state index is 12.3. The molecule has 1 aromatic rings. The zero-order chi connectivity index (χ0) is 13.2. The lowest BCUT2D eigenvalue weighted by atomic mass is 9.96. The van der Waals surface area contributed by atoms with Crippen molar-refractivity contribution in [1.82, 2.24) is 5.32 Å². The summed E-state index contributed by atoms with van der Waals surface area (Å²) in [6.45, 7) is 4.54. The number of nitrogens with two attached hydrogens (primary N) is 1. The fourth-order valence-corrected chi connectivity index (χ4v) is 2.81. The van der Waals surface area contributed by atoms with Crippen LogP contribution >= 0.6 is 0 Å². The molecular weight excluding hydrogens is 224 g/mol. The molecule has 3 heteroatoms. The normalized spacial score (nSPS) is 17.7. The molecule has 18 heavy (non-hydrogen) atoms. The van der Waals surface area contributed by atoms with Crippen molar-refractivity contribution in [3.05, 3.63) is 34.9 Å². The predicted molar refractivity (Wildman–Crippen MR) is 73.6 cm³/mol. The number of aryl methyl sites for hydroxylation is 2. The first-order valence-electron chi connectivity index (χ1n) is 6.66. The molecule has 0 aliphatic heterocycles. The smallest absolute Gasteiger partial charge is 0.252 e. The third kappa shape index (κ3) is 2.56. The molecule has 1 aliphatic rings. The monoisotopic (exact) mass is 246 g/mol. The molecule has 0 unspecified atom stereocenters. The van der Waals surface area contributed by atoms with Crippen LogP contribution in [0.1, 0.15) is 47.2 Å². The van der Waals surface area contributed by atoms with Crippen molar-refractivity contribution < 1.29 is 4.79 Å². The molecule has 0 aromatic heterocycles. The molecule has 3 nitrogen and oxygen atoms in total. The Morgan fingerprint density at radius 1 is 1.33 bits per heavy atom. The van der Waals surface area contributed by atoms with E-state index in [9.17, 15) is 4.79 Å². The van der Waals surface area contributed by atoms with E-state index in [1.165, 1.54) is 5.56 Å². The molecule has 1 fully saturated rings. The second-order valence-electron chi connectivity index (χ2n) is 5.46. The molecule has 0 bridgehead atoms. The maximum absolute atomic E-state index is 12.3. The van der Waals surface area contributed by atoms with Gasteiger partial charge in [-0.3, -0.25) is 4.79 Å². The van der Waals surface area contributed by atoms with E-state index in [2.05, 4.69) is 5.32 Å². The minimum atomic E-state index is -0.172. The first kappa shape index (κ1) is 13.1. The zero-order valence-electron chi connectivity index (χ0n) is 11.3. The standard InChI is InChI=1S/C15H22N2O/c1-11-5-6-13(12(2)9-11)14(18)17-15(10-16)7-3-4-8-15/h5-6,9H,3-4,7-8,10,16H2,1-2H3,(H,17,18). The number of hydrogen-bond donors (Lipinski definition) is 2. The van der Waals surface area contributed by atoms with Gasteiger partial charge in [0.15, 0.2) is 0 Å². The Labute approximate surface area is 109 Å². The molecule has 1 amide bonds. The van der Waals surface area contributed by atoms with E-state index in [1.54, 1.807) is 0 Å². The highest BCUT2D eigenvalue weighted by atomic mass is 16.1. The van der Waals surface area contributed by atoms with Gasteiger partial charge >= 0.3 is 0 Å². The van der Waals surface area contributed by atoms with E-state index < -0.39 is 0 Å². The second-order valence-corrected chi connectivity index (χ2v) is 5.46. The quantitative estimate of drug-likeness (QED) is 0.860. The molecule has 0 saturated heterocycles. The highest BCUT2D eigenvalue weighted by Gasteiger charge is 2.34. The summed E-state index contributed by atoms with van der Waals surface area (Å²) in [4.78, 5) is 12.3. The number of carbonyl (C=O) groups excluding carboxylic acids is 1. The number of rotatable bonds is 3. The minimum absolute atomic E-state index is 0.0138. The average Bonchev–Trinajstić information content (AvgIpc) is 2.78. The maximum Gasteiger partial charge on any atom is 0.252 e. The van der Waals surface area contributed by atoms with E-state index in [0.29, 0.717) is 6.54 Å². The fraction of sp³-hybridized carbons (Fsp3) is 0.533. The zero-order valence-corrected chi connectivity index (χ0v) is 11.3. The van der Waals surface area contributed by atoms with Crippen molar-refractivity contribution in [2.75, 3.05) is 6.54 Å². The Bertz CT molecular complexity index is 448. The van der Waals surface area contributed by atoms with Gasteiger partial charge in [-0.1, -0.05) is 30.5 Å². The van der Waals surface area contributed by atoms with Crippen LogP contribution in [0.4, 0.5) is 0 Å². The topological polar surface area (TPSA) is 55.1 Å².